The number of hydrogen-bond acceptors (Lipinski definition) is 7. The lowest BCUT2D eigenvalue weighted by Gasteiger charge is -2.15. The van der Waals surface area contributed by atoms with Crippen LogP contribution in [0.1, 0.15) is 6.92 Å². The first-order chi connectivity index (χ1) is 17.3. The van der Waals surface area contributed by atoms with Crippen LogP contribution in [0, 0.1) is 5.82 Å². The van der Waals surface area contributed by atoms with Gasteiger partial charge in [0.05, 0.1) is 17.6 Å². The van der Waals surface area contributed by atoms with E-state index in [9.17, 15) is 14.0 Å². The van der Waals surface area contributed by atoms with E-state index in [4.69, 9.17) is 0 Å². The Balaban J connectivity index is 1.72. The van der Waals surface area contributed by atoms with E-state index in [0.29, 0.717) is 28.4 Å². The molecule has 2 aromatic heterocycles. The standard InChI is InChI=1S/C25H23FN8O2/c1-4-23(36)30-18-9-10-21(26)22(11-18)32-24-20(16-5-7-17(8-6-16)29-15(2)35)13-27-25(33-24)31-19-12-28-34(3)14-19/h4-14H,1H2,2-3H3,(H,29,35)(H,30,36)(H2,27,31,32,33). The summed E-state index contributed by atoms with van der Waals surface area (Å²) in [6, 6.07) is 11.2. The van der Waals surface area contributed by atoms with Gasteiger partial charge in [-0.2, -0.15) is 10.1 Å². The summed E-state index contributed by atoms with van der Waals surface area (Å²) in [5, 5.41) is 15.5. The van der Waals surface area contributed by atoms with Gasteiger partial charge in [-0.05, 0) is 42.0 Å². The second-order valence-corrected chi connectivity index (χ2v) is 7.76. The van der Waals surface area contributed by atoms with Gasteiger partial charge in [-0.15, -0.1) is 0 Å². The van der Waals surface area contributed by atoms with Gasteiger partial charge >= 0.3 is 0 Å². The number of nitrogens with one attached hydrogen (secondary N) is 4. The van der Waals surface area contributed by atoms with Crippen LogP contribution in [-0.4, -0.2) is 31.6 Å². The quantitative estimate of drug-likeness (QED) is 0.269. The molecule has 0 saturated heterocycles. The zero-order chi connectivity index (χ0) is 25.7. The van der Waals surface area contributed by atoms with Gasteiger partial charge in [-0.1, -0.05) is 18.7 Å². The largest absolute Gasteiger partial charge is 0.337 e. The van der Waals surface area contributed by atoms with Crippen LogP contribution < -0.4 is 21.3 Å². The summed E-state index contributed by atoms with van der Waals surface area (Å²) in [6.45, 7) is 4.85. The van der Waals surface area contributed by atoms with Crippen molar-refractivity contribution in [3.8, 4) is 11.1 Å². The number of aryl methyl sites for hydroxylation is 1. The average Bonchev–Trinajstić information content (AvgIpc) is 3.26. The first-order valence-electron chi connectivity index (χ1n) is 10.8. The lowest BCUT2D eigenvalue weighted by atomic mass is 10.1. The van der Waals surface area contributed by atoms with E-state index in [1.54, 1.807) is 54.6 Å². The molecule has 0 fully saturated rings. The van der Waals surface area contributed by atoms with Crippen molar-refractivity contribution in [3.05, 3.63) is 79.5 Å². The lowest BCUT2D eigenvalue weighted by Crippen LogP contribution is -2.08. The van der Waals surface area contributed by atoms with Gasteiger partial charge in [-0.25, -0.2) is 9.37 Å². The number of amides is 2. The zero-order valence-corrected chi connectivity index (χ0v) is 19.5. The van der Waals surface area contributed by atoms with Crippen LogP contribution in [-0.2, 0) is 16.6 Å². The molecule has 36 heavy (non-hydrogen) atoms. The number of carbonyl (C=O) groups excluding carboxylic acids is 2. The molecule has 0 aliphatic carbocycles. The van der Waals surface area contributed by atoms with E-state index in [1.807, 2.05) is 0 Å². The average molecular weight is 487 g/mol. The Labute approximate surface area is 206 Å². The maximum absolute atomic E-state index is 14.7. The number of rotatable bonds is 8. The fourth-order valence-corrected chi connectivity index (χ4v) is 3.32. The highest BCUT2D eigenvalue weighted by molar-refractivity contribution is 5.99. The molecule has 2 amide bonds. The van der Waals surface area contributed by atoms with Crippen LogP contribution in [0.2, 0.25) is 0 Å². The molecule has 0 radical (unpaired) electrons. The van der Waals surface area contributed by atoms with Crippen LogP contribution in [0.25, 0.3) is 11.1 Å². The highest BCUT2D eigenvalue weighted by Gasteiger charge is 2.14. The van der Waals surface area contributed by atoms with Crippen molar-refractivity contribution in [3.63, 3.8) is 0 Å². The predicted octanol–water partition coefficient (Wildman–Crippen LogP) is 4.59. The molecule has 0 aliphatic rings. The number of benzene rings is 2. The molecule has 0 atom stereocenters. The molecule has 182 valence electrons. The Morgan fingerprint density at radius 1 is 1.00 bits per heavy atom. The first kappa shape index (κ1) is 24.1. The summed E-state index contributed by atoms with van der Waals surface area (Å²) >= 11 is 0. The number of carbonyl (C=O) groups is 2. The Kier molecular flexibility index (Phi) is 7.00. The van der Waals surface area contributed by atoms with Crippen LogP contribution >= 0.6 is 0 Å². The van der Waals surface area contributed by atoms with Crippen molar-refractivity contribution in [2.24, 2.45) is 7.05 Å². The molecule has 4 N–H and O–H groups in total. The molecule has 11 heteroatoms. The third kappa shape index (κ3) is 5.89. The highest BCUT2D eigenvalue weighted by atomic mass is 19.1. The Morgan fingerprint density at radius 3 is 2.42 bits per heavy atom. The normalized spacial score (nSPS) is 10.4. The van der Waals surface area contributed by atoms with E-state index in [2.05, 4.69) is 42.9 Å². The fraction of sp³-hybridized carbons (Fsp3) is 0.0800. The van der Waals surface area contributed by atoms with E-state index < -0.39 is 11.7 Å². The molecule has 2 heterocycles. The Bertz CT molecular complexity index is 1430. The maximum Gasteiger partial charge on any atom is 0.247 e. The zero-order valence-electron chi connectivity index (χ0n) is 19.5. The highest BCUT2D eigenvalue weighted by Crippen LogP contribution is 2.32. The van der Waals surface area contributed by atoms with Gasteiger partial charge in [-0.3, -0.25) is 14.3 Å². The summed E-state index contributed by atoms with van der Waals surface area (Å²) < 4.78 is 16.4. The predicted molar refractivity (Wildman–Crippen MR) is 137 cm³/mol. The SMILES string of the molecule is C=CC(=O)Nc1ccc(F)c(Nc2nc(Nc3cnn(C)c3)ncc2-c2ccc(NC(C)=O)cc2)c1. The third-order valence-corrected chi connectivity index (χ3v) is 4.94. The van der Waals surface area contributed by atoms with Gasteiger partial charge in [0.1, 0.15) is 11.6 Å². The summed E-state index contributed by atoms with van der Waals surface area (Å²) in [5.41, 5.74) is 3.10. The first-order valence-corrected chi connectivity index (χ1v) is 10.8. The monoisotopic (exact) mass is 486 g/mol. The number of halogens is 1. The molecule has 2 aromatic carbocycles. The van der Waals surface area contributed by atoms with Crippen LogP contribution in [0.5, 0.6) is 0 Å². The Morgan fingerprint density at radius 2 is 1.75 bits per heavy atom. The van der Waals surface area contributed by atoms with Gasteiger partial charge in [0, 0.05) is 43.3 Å². The van der Waals surface area contributed by atoms with Gasteiger partial charge in [0.25, 0.3) is 0 Å². The second-order valence-electron chi connectivity index (χ2n) is 7.76. The van der Waals surface area contributed by atoms with Gasteiger partial charge in [0.2, 0.25) is 17.8 Å². The summed E-state index contributed by atoms with van der Waals surface area (Å²) in [4.78, 5) is 32.0. The van der Waals surface area contributed by atoms with E-state index in [-0.39, 0.29) is 17.5 Å². The van der Waals surface area contributed by atoms with Crippen LogP contribution in [0.3, 0.4) is 0 Å². The maximum atomic E-state index is 14.7. The lowest BCUT2D eigenvalue weighted by molar-refractivity contribution is -0.114. The number of nitrogens with zero attached hydrogens (tertiary/aromatic N) is 4. The van der Waals surface area contributed by atoms with Crippen molar-refractivity contribution < 1.29 is 14.0 Å². The van der Waals surface area contributed by atoms with Gasteiger partial charge < -0.3 is 21.3 Å². The molecule has 4 aromatic rings. The molecule has 0 bridgehead atoms. The Hall–Kier alpha value is -5.06. The van der Waals surface area contributed by atoms with Crippen molar-refractivity contribution in [1.82, 2.24) is 19.7 Å². The van der Waals surface area contributed by atoms with Crippen LogP contribution in [0.15, 0.2) is 73.7 Å². The number of aromatic nitrogens is 4. The molecular formula is C25H23FN8O2. The second kappa shape index (κ2) is 10.5. The molecule has 0 spiro atoms. The van der Waals surface area contributed by atoms with Crippen LogP contribution in [0.4, 0.5) is 38.9 Å². The molecule has 10 nitrogen and oxygen atoms in total. The van der Waals surface area contributed by atoms with E-state index in [1.165, 1.54) is 25.1 Å². The molecular weight excluding hydrogens is 463 g/mol. The molecule has 0 unspecified atom stereocenters. The third-order valence-electron chi connectivity index (χ3n) is 4.94. The topological polar surface area (TPSA) is 126 Å². The van der Waals surface area contributed by atoms with Crippen molar-refractivity contribution in [2.45, 2.75) is 6.92 Å². The minimum atomic E-state index is -0.543. The smallest absolute Gasteiger partial charge is 0.247 e. The van der Waals surface area contributed by atoms with Crippen molar-refractivity contribution in [1.29, 1.82) is 0 Å². The fourth-order valence-electron chi connectivity index (χ4n) is 3.32. The summed E-state index contributed by atoms with van der Waals surface area (Å²) in [5.74, 6) is -0.565. The van der Waals surface area contributed by atoms with E-state index >= 15 is 0 Å². The molecule has 0 saturated carbocycles. The molecule has 4 rings (SSSR count). The van der Waals surface area contributed by atoms with Crippen molar-refractivity contribution >= 4 is 46.3 Å². The minimum absolute atomic E-state index is 0.0963. The van der Waals surface area contributed by atoms with Gasteiger partial charge in [0.15, 0.2) is 0 Å². The van der Waals surface area contributed by atoms with E-state index in [0.717, 1.165) is 11.6 Å². The minimum Gasteiger partial charge on any atom is -0.337 e. The number of hydrogen-bond donors (Lipinski definition) is 4. The number of anilines is 6. The summed E-state index contributed by atoms with van der Waals surface area (Å²) in [6.07, 6.45) is 6.11. The molecule has 0 aliphatic heterocycles. The van der Waals surface area contributed by atoms with Crippen molar-refractivity contribution in [2.75, 3.05) is 21.3 Å². The summed E-state index contributed by atoms with van der Waals surface area (Å²) in [7, 11) is 1.79.